The Morgan fingerprint density at radius 2 is 1.75 bits per heavy atom. The first-order valence-electron chi connectivity index (χ1n) is 8.66. The summed E-state index contributed by atoms with van der Waals surface area (Å²) in [7, 11) is -3.82. The molecule has 0 aliphatic carbocycles. The van der Waals surface area contributed by atoms with E-state index in [4.69, 9.17) is 11.6 Å². The molecule has 1 heterocycles. The van der Waals surface area contributed by atoms with Crippen molar-refractivity contribution < 1.29 is 12.8 Å². The van der Waals surface area contributed by atoms with Crippen LogP contribution in [0.15, 0.2) is 41.4 Å². The number of halogens is 2. The normalized spacial score (nSPS) is 11.6. The smallest absolute Gasteiger partial charge is 0.263 e. The number of hydrogen-bond donors (Lipinski definition) is 1. The summed E-state index contributed by atoms with van der Waals surface area (Å²) in [5, 5.41) is 4.49. The van der Waals surface area contributed by atoms with Gasteiger partial charge in [-0.25, -0.2) is 12.8 Å². The lowest BCUT2D eigenvalue weighted by Crippen LogP contribution is -2.17. The first kappa shape index (κ1) is 20.4. The molecule has 0 aliphatic rings. The van der Waals surface area contributed by atoms with E-state index >= 15 is 0 Å². The number of anilines is 1. The van der Waals surface area contributed by atoms with E-state index in [2.05, 4.69) is 9.82 Å². The summed E-state index contributed by atoms with van der Waals surface area (Å²) in [6.07, 6.45) is 1.57. The van der Waals surface area contributed by atoms with Gasteiger partial charge in [0, 0.05) is 22.8 Å². The zero-order valence-corrected chi connectivity index (χ0v) is 17.6. The summed E-state index contributed by atoms with van der Waals surface area (Å²) in [4.78, 5) is 0.261. The highest BCUT2D eigenvalue weighted by Crippen LogP contribution is 2.27. The van der Waals surface area contributed by atoms with E-state index in [9.17, 15) is 12.8 Å². The van der Waals surface area contributed by atoms with Crippen LogP contribution >= 0.6 is 11.6 Å². The van der Waals surface area contributed by atoms with Gasteiger partial charge in [0.05, 0.1) is 11.4 Å². The van der Waals surface area contributed by atoms with Gasteiger partial charge in [0.25, 0.3) is 10.0 Å². The summed E-state index contributed by atoms with van der Waals surface area (Å²) in [5.41, 5.74) is 3.51. The van der Waals surface area contributed by atoms with E-state index in [1.54, 1.807) is 26.1 Å². The van der Waals surface area contributed by atoms with Crippen molar-refractivity contribution in [3.05, 3.63) is 75.2 Å². The highest BCUT2D eigenvalue weighted by molar-refractivity contribution is 7.92. The average Bonchev–Trinajstić information content (AvgIpc) is 3.03. The van der Waals surface area contributed by atoms with Gasteiger partial charge in [0.2, 0.25) is 0 Å². The van der Waals surface area contributed by atoms with Crippen molar-refractivity contribution in [3.63, 3.8) is 0 Å². The topological polar surface area (TPSA) is 64.0 Å². The van der Waals surface area contributed by atoms with Crippen LogP contribution in [0.25, 0.3) is 0 Å². The summed E-state index contributed by atoms with van der Waals surface area (Å²) >= 11 is 6.04. The van der Waals surface area contributed by atoms with Crippen molar-refractivity contribution in [3.8, 4) is 0 Å². The summed E-state index contributed by atoms with van der Waals surface area (Å²) in [5.74, 6) is -0.281. The monoisotopic (exact) mass is 421 g/mol. The Morgan fingerprint density at radius 1 is 1.11 bits per heavy atom. The Bertz CT molecular complexity index is 1110. The molecular formula is C20H21ClFN3O2S. The van der Waals surface area contributed by atoms with Crippen molar-refractivity contribution in [1.29, 1.82) is 0 Å². The van der Waals surface area contributed by atoms with E-state index in [0.717, 1.165) is 11.1 Å². The van der Waals surface area contributed by atoms with Crippen LogP contribution in [0.5, 0.6) is 0 Å². The average molecular weight is 422 g/mol. The molecule has 2 aromatic carbocycles. The Labute approximate surface area is 169 Å². The Balaban J connectivity index is 1.90. The number of nitrogens with one attached hydrogen (secondary N) is 1. The summed E-state index contributed by atoms with van der Waals surface area (Å²) in [6, 6.07) is 7.94. The van der Waals surface area contributed by atoms with E-state index in [-0.39, 0.29) is 17.3 Å². The van der Waals surface area contributed by atoms with Crippen LogP contribution in [0.2, 0.25) is 5.02 Å². The molecule has 1 aromatic heterocycles. The van der Waals surface area contributed by atoms with Gasteiger partial charge in [0.1, 0.15) is 5.82 Å². The molecule has 0 atom stereocenters. The minimum Gasteiger partial charge on any atom is -0.266 e. The minimum atomic E-state index is -3.82. The van der Waals surface area contributed by atoms with Gasteiger partial charge in [-0.1, -0.05) is 23.7 Å². The fourth-order valence-electron chi connectivity index (χ4n) is 3.12. The molecule has 0 radical (unpaired) electrons. The van der Waals surface area contributed by atoms with Crippen LogP contribution in [0.4, 0.5) is 10.2 Å². The Kier molecular flexibility index (Phi) is 5.50. The van der Waals surface area contributed by atoms with Crippen LogP contribution in [-0.4, -0.2) is 18.2 Å². The number of hydrogen-bond acceptors (Lipinski definition) is 3. The molecule has 0 saturated heterocycles. The molecule has 0 saturated carbocycles. The minimum absolute atomic E-state index is 0.0921. The highest BCUT2D eigenvalue weighted by atomic mass is 35.5. The second-order valence-corrected chi connectivity index (χ2v) is 8.82. The zero-order valence-electron chi connectivity index (χ0n) is 16.0. The number of nitrogens with zero attached hydrogens (tertiary/aromatic N) is 2. The van der Waals surface area contributed by atoms with Gasteiger partial charge in [-0.2, -0.15) is 5.10 Å². The Morgan fingerprint density at radius 3 is 2.36 bits per heavy atom. The van der Waals surface area contributed by atoms with Gasteiger partial charge in [-0.05, 0) is 62.1 Å². The number of sulfonamides is 1. The van der Waals surface area contributed by atoms with Gasteiger partial charge in [-0.15, -0.1) is 0 Å². The third-order valence-corrected chi connectivity index (χ3v) is 6.81. The van der Waals surface area contributed by atoms with Crippen molar-refractivity contribution in [2.24, 2.45) is 0 Å². The molecule has 3 rings (SSSR count). The Hall–Kier alpha value is -2.38. The maximum atomic E-state index is 14.0. The third kappa shape index (κ3) is 3.91. The molecular weight excluding hydrogens is 401 g/mol. The van der Waals surface area contributed by atoms with Crippen LogP contribution in [0.3, 0.4) is 0 Å². The predicted octanol–water partition coefficient (Wildman–Crippen LogP) is 4.76. The van der Waals surface area contributed by atoms with Crippen molar-refractivity contribution in [1.82, 2.24) is 9.78 Å². The molecule has 148 valence electrons. The van der Waals surface area contributed by atoms with Gasteiger partial charge >= 0.3 is 0 Å². The summed E-state index contributed by atoms with van der Waals surface area (Å²) < 4.78 is 43.9. The van der Waals surface area contributed by atoms with E-state index in [1.165, 1.54) is 22.9 Å². The van der Waals surface area contributed by atoms with E-state index < -0.39 is 15.8 Å². The first-order valence-corrected chi connectivity index (χ1v) is 10.5. The predicted molar refractivity (Wildman–Crippen MR) is 109 cm³/mol. The molecule has 5 nitrogen and oxygen atoms in total. The van der Waals surface area contributed by atoms with E-state index in [0.29, 0.717) is 21.7 Å². The molecule has 0 amide bonds. The van der Waals surface area contributed by atoms with Gasteiger partial charge < -0.3 is 0 Å². The van der Waals surface area contributed by atoms with Crippen LogP contribution in [0.1, 0.15) is 27.8 Å². The van der Waals surface area contributed by atoms with Crippen LogP contribution in [0, 0.1) is 33.5 Å². The fraction of sp³-hybridized carbons (Fsp3) is 0.250. The molecule has 1 N–H and O–H groups in total. The first-order chi connectivity index (χ1) is 13.1. The second-order valence-electron chi connectivity index (χ2n) is 6.79. The van der Waals surface area contributed by atoms with Crippen molar-refractivity contribution in [2.45, 2.75) is 39.1 Å². The molecule has 3 aromatic rings. The molecule has 28 heavy (non-hydrogen) atoms. The molecule has 0 fully saturated rings. The lowest BCUT2D eigenvalue weighted by atomic mass is 10.0. The van der Waals surface area contributed by atoms with Gasteiger partial charge in [-0.3, -0.25) is 9.40 Å². The van der Waals surface area contributed by atoms with Crippen molar-refractivity contribution >= 4 is 27.4 Å². The van der Waals surface area contributed by atoms with Gasteiger partial charge in [0.15, 0.2) is 5.82 Å². The largest absolute Gasteiger partial charge is 0.266 e. The fourth-order valence-corrected chi connectivity index (χ4v) is 4.96. The standard InChI is InChI=1S/C20H21ClFN3O2S/c1-12-10-13(2)15(4)20(14(12)3)28(26,27)24-19-8-9-25(23-19)11-16-17(21)6-5-7-18(16)22/h5-10H,11H2,1-4H3,(H,23,24). The quantitative estimate of drug-likeness (QED) is 0.646. The lowest BCUT2D eigenvalue weighted by Gasteiger charge is -2.15. The van der Waals surface area contributed by atoms with Crippen LogP contribution in [-0.2, 0) is 16.6 Å². The maximum absolute atomic E-state index is 14.0. The maximum Gasteiger partial charge on any atom is 0.263 e. The van der Waals surface area contributed by atoms with Crippen molar-refractivity contribution in [2.75, 3.05) is 4.72 Å². The zero-order chi connectivity index (χ0) is 20.6. The highest BCUT2D eigenvalue weighted by Gasteiger charge is 2.23. The molecule has 0 spiro atoms. The third-order valence-electron chi connectivity index (χ3n) is 4.83. The second kappa shape index (κ2) is 7.56. The lowest BCUT2D eigenvalue weighted by molar-refractivity contribution is 0.585. The molecule has 0 bridgehead atoms. The number of benzene rings is 2. The van der Waals surface area contributed by atoms with Crippen LogP contribution < -0.4 is 4.72 Å². The SMILES string of the molecule is Cc1cc(C)c(C)c(S(=O)(=O)Nc2ccn(Cc3c(F)cccc3Cl)n2)c1C. The number of aryl methyl sites for hydroxylation is 2. The number of rotatable bonds is 5. The molecule has 0 unspecified atom stereocenters. The van der Waals surface area contributed by atoms with E-state index in [1.807, 2.05) is 19.9 Å². The summed E-state index contributed by atoms with van der Waals surface area (Å²) in [6.45, 7) is 7.43. The molecule has 0 aliphatic heterocycles. The molecule has 8 heteroatoms. The number of aromatic nitrogens is 2.